The number of amides is 1. The average Bonchev–Trinajstić information content (AvgIpc) is 2.98. The minimum atomic E-state index is -3.49. The van der Waals surface area contributed by atoms with E-state index < -0.39 is 10.0 Å². The quantitative estimate of drug-likeness (QED) is 0.555. The van der Waals surface area contributed by atoms with E-state index in [2.05, 4.69) is 10.0 Å². The van der Waals surface area contributed by atoms with Crippen molar-refractivity contribution in [2.24, 2.45) is 5.92 Å². The highest BCUT2D eigenvalue weighted by atomic mass is 32.2. The van der Waals surface area contributed by atoms with Crippen molar-refractivity contribution in [1.29, 1.82) is 0 Å². The summed E-state index contributed by atoms with van der Waals surface area (Å²) >= 11 is 1.14. The van der Waals surface area contributed by atoms with Gasteiger partial charge in [0.05, 0.1) is 0 Å². The van der Waals surface area contributed by atoms with Crippen molar-refractivity contribution in [2.45, 2.75) is 30.4 Å². The van der Waals surface area contributed by atoms with E-state index in [1.807, 2.05) is 6.92 Å². The third kappa shape index (κ3) is 7.03. The van der Waals surface area contributed by atoms with Gasteiger partial charge in [0.2, 0.25) is 15.9 Å². The number of sulfonamides is 1. The Labute approximate surface area is 129 Å². The van der Waals surface area contributed by atoms with Gasteiger partial charge in [-0.3, -0.25) is 4.79 Å². The maximum absolute atomic E-state index is 11.8. The van der Waals surface area contributed by atoms with E-state index in [4.69, 9.17) is 5.11 Å². The van der Waals surface area contributed by atoms with Crippen LogP contribution in [0.15, 0.2) is 21.7 Å². The Morgan fingerprint density at radius 2 is 2.19 bits per heavy atom. The molecule has 1 unspecified atom stereocenters. The number of aliphatic hydroxyl groups is 1. The van der Waals surface area contributed by atoms with Crippen LogP contribution >= 0.6 is 11.3 Å². The molecule has 1 heterocycles. The zero-order chi connectivity index (χ0) is 15.7. The van der Waals surface area contributed by atoms with Gasteiger partial charge in [-0.1, -0.05) is 13.0 Å². The summed E-state index contributed by atoms with van der Waals surface area (Å²) in [5.74, 6) is 0.0556. The maximum atomic E-state index is 11.8. The predicted molar refractivity (Wildman–Crippen MR) is 82.6 cm³/mol. The van der Waals surface area contributed by atoms with Crippen molar-refractivity contribution >= 4 is 27.3 Å². The minimum Gasteiger partial charge on any atom is -0.396 e. The first-order chi connectivity index (χ1) is 9.95. The van der Waals surface area contributed by atoms with E-state index in [0.717, 1.165) is 24.2 Å². The molecule has 0 aliphatic rings. The van der Waals surface area contributed by atoms with E-state index in [-0.39, 0.29) is 35.6 Å². The molecule has 0 fully saturated rings. The molecule has 0 radical (unpaired) electrons. The number of carbonyl (C=O) groups excluding carboxylic acids is 1. The second-order valence-electron chi connectivity index (χ2n) is 4.86. The van der Waals surface area contributed by atoms with Crippen molar-refractivity contribution in [3.63, 3.8) is 0 Å². The lowest BCUT2D eigenvalue weighted by molar-refractivity contribution is -0.120. The van der Waals surface area contributed by atoms with Gasteiger partial charge in [0.1, 0.15) is 4.21 Å². The van der Waals surface area contributed by atoms with Crippen LogP contribution in [0, 0.1) is 5.92 Å². The van der Waals surface area contributed by atoms with E-state index in [0.29, 0.717) is 6.54 Å². The topological polar surface area (TPSA) is 95.5 Å². The molecule has 0 spiro atoms. The van der Waals surface area contributed by atoms with Crippen molar-refractivity contribution in [2.75, 3.05) is 19.7 Å². The summed E-state index contributed by atoms with van der Waals surface area (Å²) in [7, 11) is -3.49. The molecular weight excluding hydrogens is 312 g/mol. The van der Waals surface area contributed by atoms with Gasteiger partial charge < -0.3 is 10.4 Å². The van der Waals surface area contributed by atoms with Crippen LogP contribution in [0.25, 0.3) is 0 Å². The molecule has 8 heteroatoms. The first-order valence-electron chi connectivity index (χ1n) is 6.86. The van der Waals surface area contributed by atoms with Crippen LogP contribution in [0.2, 0.25) is 0 Å². The Hall–Kier alpha value is -0.960. The number of thiophene rings is 1. The third-order valence-electron chi connectivity index (χ3n) is 2.91. The molecule has 120 valence electrons. The van der Waals surface area contributed by atoms with Crippen LogP contribution in [0.1, 0.15) is 26.2 Å². The highest BCUT2D eigenvalue weighted by Gasteiger charge is 2.14. The van der Waals surface area contributed by atoms with Gasteiger partial charge in [-0.15, -0.1) is 11.3 Å². The summed E-state index contributed by atoms with van der Waals surface area (Å²) in [6, 6.07) is 3.19. The number of carbonyl (C=O) groups is 1. The highest BCUT2D eigenvalue weighted by molar-refractivity contribution is 7.91. The lowest BCUT2D eigenvalue weighted by Crippen LogP contribution is -2.31. The normalized spacial score (nSPS) is 13.0. The summed E-state index contributed by atoms with van der Waals surface area (Å²) in [4.78, 5) is 11.5. The van der Waals surface area contributed by atoms with Gasteiger partial charge in [0.15, 0.2) is 0 Å². The molecule has 1 aromatic heterocycles. The van der Waals surface area contributed by atoms with Gasteiger partial charge in [0, 0.05) is 26.1 Å². The molecule has 0 bridgehead atoms. The van der Waals surface area contributed by atoms with Crippen LogP contribution in [0.3, 0.4) is 0 Å². The van der Waals surface area contributed by atoms with E-state index in [9.17, 15) is 13.2 Å². The zero-order valence-electron chi connectivity index (χ0n) is 12.0. The molecule has 1 amide bonds. The number of hydrogen-bond donors (Lipinski definition) is 3. The Kier molecular flexibility index (Phi) is 7.87. The summed E-state index contributed by atoms with van der Waals surface area (Å²) < 4.78 is 26.2. The molecule has 0 aliphatic carbocycles. The lowest BCUT2D eigenvalue weighted by atomic mass is 10.1. The fourth-order valence-electron chi connectivity index (χ4n) is 1.64. The van der Waals surface area contributed by atoms with Crippen LogP contribution in [0.5, 0.6) is 0 Å². The van der Waals surface area contributed by atoms with E-state index in [1.165, 1.54) is 6.07 Å². The molecule has 6 nitrogen and oxygen atoms in total. The number of nitrogens with one attached hydrogen (secondary N) is 2. The van der Waals surface area contributed by atoms with Crippen LogP contribution in [0.4, 0.5) is 0 Å². The van der Waals surface area contributed by atoms with Crippen LogP contribution in [-0.2, 0) is 14.8 Å². The minimum absolute atomic E-state index is 0.0824. The Morgan fingerprint density at radius 1 is 1.43 bits per heavy atom. The molecule has 1 atom stereocenters. The Bertz CT molecular complexity index is 514. The van der Waals surface area contributed by atoms with Crippen molar-refractivity contribution in [3.8, 4) is 0 Å². The summed E-state index contributed by atoms with van der Waals surface area (Å²) in [6.07, 6.45) is 1.76. The van der Waals surface area contributed by atoms with Gasteiger partial charge in [-0.05, 0) is 30.2 Å². The Balaban J connectivity index is 2.16. The standard InChI is InChI=1S/C13H22N2O4S2/c1-11(10-16)4-2-7-14-12(17)6-8-15-21(18,19)13-5-3-9-20-13/h3,5,9,11,15-16H,2,4,6-8,10H2,1H3,(H,14,17). The number of aliphatic hydroxyl groups excluding tert-OH is 1. The predicted octanol–water partition coefficient (Wildman–Crippen LogP) is 0.941. The van der Waals surface area contributed by atoms with E-state index in [1.54, 1.807) is 11.4 Å². The highest BCUT2D eigenvalue weighted by Crippen LogP contribution is 2.14. The molecule has 0 saturated heterocycles. The molecule has 0 aliphatic heterocycles. The second kappa shape index (κ2) is 9.14. The SMILES string of the molecule is CC(CO)CCCNC(=O)CCNS(=O)(=O)c1cccs1. The van der Waals surface area contributed by atoms with Crippen LogP contribution in [-0.4, -0.2) is 39.1 Å². The summed E-state index contributed by atoms with van der Waals surface area (Å²) in [5.41, 5.74) is 0. The number of rotatable bonds is 10. The molecule has 1 rings (SSSR count). The van der Waals surface area contributed by atoms with Gasteiger partial charge >= 0.3 is 0 Å². The average molecular weight is 334 g/mol. The molecule has 0 aromatic carbocycles. The van der Waals surface area contributed by atoms with Crippen molar-refractivity contribution in [3.05, 3.63) is 17.5 Å². The fraction of sp³-hybridized carbons (Fsp3) is 0.615. The second-order valence-corrected chi connectivity index (χ2v) is 7.80. The number of hydrogen-bond acceptors (Lipinski definition) is 5. The van der Waals surface area contributed by atoms with Crippen molar-refractivity contribution < 1.29 is 18.3 Å². The maximum Gasteiger partial charge on any atom is 0.250 e. The Morgan fingerprint density at radius 3 is 2.81 bits per heavy atom. The first kappa shape index (κ1) is 18.1. The lowest BCUT2D eigenvalue weighted by Gasteiger charge is -2.09. The first-order valence-corrected chi connectivity index (χ1v) is 9.22. The third-order valence-corrected chi connectivity index (χ3v) is 5.77. The smallest absolute Gasteiger partial charge is 0.250 e. The molecule has 1 aromatic rings. The van der Waals surface area contributed by atoms with Gasteiger partial charge in [-0.25, -0.2) is 13.1 Å². The van der Waals surface area contributed by atoms with Crippen LogP contribution < -0.4 is 10.0 Å². The van der Waals surface area contributed by atoms with Gasteiger partial charge in [0.25, 0.3) is 0 Å². The zero-order valence-corrected chi connectivity index (χ0v) is 13.7. The molecule has 0 saturated carbocycles. The molecule has 3 N–H and O–H groups in total. The molecule has 21 heavy (non-hydrogen) atoms. The summed E-state index contributed by atoms with van der Waals surface area (Å²) in [5, 5.41) is 13.3. The van der Waals surface area contributed by atoms with Gasteiger partial charge in [-0.2, -0.15) is 0 Å². The largest absolute Gasteiger partial charge is 0.396 e. The van der Waals surface area contributed by atoms with E-state index >= 15 is 0 Å². The monoisotopic (exact) mass is 334 g/mol. The van der Waals surface area contributed by atoms with Crippen molar-refractivity contribution in [1.82, 2.24) is 10.0 Å². The molecular formula is C13H22N2O4S2. The summed E-state index contributed by atoms with van der Waals surface area (Å²) in [6.45, 7) is 2.72. The fourth-order valence-corrected chi connectivity index (χ4v) is 3.71.